The highest BCUT2D eigenvalue weighted by Gasteiger charge is 2.18. The normalized spacial score (nSPS) is 12.3. The Bertz CT molecular complexity index is 887. The Morgan fingerprint density at radius 3 is 2.26 bits per heavy atom. The predicted molar refractivity (Wildman–Crippen MR) is 107 cm³/mol. The van der Waals surface area contributed by atoms with Gasteiger partial charge >= 0.3 is 5.97 Å². The Morgan fingerprint density at radius 2 is 1.74 bits per heavy atom. The summed E-state index contributed by atoms with van der Waals surface area (Å²) in [4.78, 5) is 24.5. The van der Waals surface area contributed by atoms with E-state index in [1.54, 1.807) is 17.7 Å². The van der Waals surface area contributed by atoms with E-state index in [1.807, 2.05) is 53.8 Å². The van der Waals surface area contributed by atoms with E-state index in [2.05, 4.69) is 10.4 Å². The van der Waals surface area contributed by atoms with Gasteiger partial charge in [0.2, 0.25) is 0 Å². The number of ether oxygens (including phenoxy) is 1. The lowest BCUT2D eigenvalue weighted by Gasteiger charge is -2.16. The number of benzene rings is 1. The zero-order valence-corrected chi connectivity index (χ0v) is 17.0. The molecule has 0 saturated heterocycles. The first-order valence-corrected chi connectivity index (χ1v) is 8.87. The molecule has 0 radical (unpaired) electrons. The van der Waals surface area contributed by atoms with Crippen LogP contribution in [0, 0.1) is 34.6 Å². The first-order chi connectivity index (χ1) is 12.6. The molecule has 0 bridgehead atoms. The van der Waals surface area contributed by atoms with Crippen molar-refractivity contribution in [1.82, 2.24) is 9.78 Å². The van der Waals surface area contributed by atoms with Crippen LogP contribution in [0.25, 0.3) is 6.08 Å². The van der Waals surface area contributed by atoms with Crippen molar-refractivity contribution in [1.29, 1.82) is 0 Å². The molecule has 6 heteroatoms. The van der Waals surface area contributed by atoms with Crippen molar-refractivity contribution in [3.8, 4) is 0 Å². The van der Waals surface area contributed by atoms with Crippen LogP contribution < -0.4 is 5.32 Å². The minimum Gasteiger partial charge on any atom is -0.449 e. The highest BCUT2D eigenvalue weighted by Crippen LogP contribution is 2.22. The maximum absolute atomic E-state index is 12.4. The topological polar surface area (TPSA) is 73.2 Å². The number of nitrogens with one attached hydrogen (secondary N) is 1. The Balaban J connectivity index is 2.02. The summed E-state index contributed by atoms with van der Waals surface area (Å²) in [5, 5.41) is 7.15. The van der Waals surface area contributed by atoms with Gasteiger partial charge in [0.15, 0.2) is 6.10 Å². The number of rotatable bonds is 5. The molecule has 27 heavy (non-hydrogen) atoms. The van der Waals surface area contributed by atoms with Crippen LogP contribution >= 0.6 is 0 Å². The number of aromatic nitrogens is 2. The quantitative estimate of drug-likeness (QED) is 0.646. The standard InChI is InChI=1S/C21H27N3O3/c1-12-10-13(2)20(14(3)11-12)22-21(26)17(6)27-19(25)9-8-18-15(4)23-24(7)16(18)5/h8-11,17H,1-7H3,(H,22,26)/b9-8+/t17-/m1/s1. The van der Waals surface area contributed by atoms with Gasteiger partial charge in [0.25, 0.3) is 5.91 Å². The van der Waals surface area contributed by atoms with E-state index in [0.717, 1.165) is 39.3 Å². The smallest absolute Gasteiger partial charge is 0.331 e. The van der Waals surface area contributed by atoms with Gasteiger partial charge in [-0.15, -0.1) is 0 Å². The molecule has 144 valence electrons. The fourth-order valence-electron chi connectivity index (χ4n) is 3.05. The SMILES string of the molecule is Cc1cc(C)c(NC(=O)[C@@H](C)OC(=O)/C=C/c2c(C)nn(C)c2C)c(C)c1. The average molecular weight is 369 g/mol. The van der Waals surface area contributed by atoms with Crippen molar-refractivity contribution in [2.75, 3.05) is 5.32 Å². The molecule has 0 unspecified atom stereocenters. The monoisotopic (exact) mass is 369 g/mol. The third kappa shape index (κ3) is 4.84. The molecule has 1 atom stereocenters. The lowest BCUT2D eigenvalue weighted by Crippen LogP contribution is -2.30. The molecule has 0 aliphatic rings. The molecule has 6 nitrogen and oxygen atoms in total. The number of carbonyl (C=O) groups is 2. The maximum Gasteiger partial charge on any atom is 0.331 e. The van der Waals surface area contributed by atoms with Gasteiger partial charge in [0, 0.05) is 30.1 Å². The second kappa shape index (κ2) is 8.20. The van der Waals surface area contributed by atoms with E-state index >= 15 is 0 Å². The molecule has 0 saturated carbocycles. The van der Waals surface area contributed by atoms with E-state index in [1.165, 1.54) is 6.08 Å². The highest BCUT2D eigenvalue weighted by atomic mass is 16.5. The number of carbonyl (C=O) groups excluding carboxylic acids is 2. The molecule has 0 spiro atoms. The number of amides is 1. The summed E-state index contributed by atoms with van der Waals surface area (Å²) in [6.45, 7) is 11.2. The average Bonchev–Trinajstić information content (AvgIpc) is 2.81. The summed E-state index contributed by atoms with van der Waals surface area (Å²) in [5.74, 6) is -0.932. The zero-order chi connectivity index (χ0) is 20.3. The van der Waals surface area contributed by atoms with Crippen LogP contribution in [0.5, 0.6) is 0 Å². The van der Waals surface area contributed by atoms with Crippen molar-refractivity contribution in [2.24, 2.45) is 7.05 Å². The van der Waals surface area contributed by atoms with Gasteiger partial charge < -0.3 is 10.1 Å². The predicted octanol–water partition coefficient (Wildman–Crippen LogP) is 3.55. The number of hydrogen-bond acceptors (Lipinski definition) is 4. The third-order valence-corrected chi connectivity index (χ3v) is 4.54. The molecule has 1 amide bonds. The molecule has 0 fully saturated rings. The Hall–Kier alpha value is -2.89. The number of hydrogen-bond donors (Lipinski definition) is 1. The van der Waals surface area contributed by atoms with Crippen LogP contribution in [0.4, 0.5) is 5.69 Å². The molecule has 1 N–H and O–H groups in total. The molecule has 1 heterocycles. The lowest BCUT2D eigenvalue weighted by molar-refractivity contribution is -0.148. The molecule has 2 aromatic rings. The van der Waals surface area contributed by atoms with E-state index in [9.17, 15) is 9.59 Å². The van der Waals surface area contributed by atoms with Gasteiger partial charge in [0.05, 0.1) is 5.69 Å². The fraction of sp³-hybridized carbons (Fsp3) is 0.381. The second-order valence-electron chi connectivity index (χ2n) is 6.88. The van der Waals surface area contributed by atoms with Crippen molar-refractivity contribution in [3.63, 3.8) is 0 Å². The Labute approximate surface area is 160 Å². The Morgan fingerprint density at radius 1 is 1.15 bits per heavy atom. The van der Waals surface area contributed by atoms with Crippen molar-refractivity contribution >= 4 is 23.6 Å². The summed E-state index contributed by atoms with van der Waals surface area (Å²) in [6.07, 6.45) is 2.08. The number of esters is 1. The summed E-state index contributed by atoms with van der Waals surface area (Å²) in [6, 6.07) is 4.00. The number of anilines is 1. The summed E-state index contributed by atoms with van der Waals surface area (Å²) < 4.78 is 6.98. The van der Waals surface area contributed by atoms with Gasteiger partial charge in [-0.25, -0.2) is 4.79 Å². The van der Waals surface area contributed by atoms with Crippen LogP contribution in [0.15, 0.2) is 18.2 Å². The molecule has 2 rings (SSSR count). The minimum atomic E-state index is -0.904. The van der Waals surface area contributed by atoms with E-state index < -0.39 is 12.1 Å². The summed E-state index contributed by atoms with van der Waals surface area (Å²) >= 11 is 0. The maximum atomic E-state index is 12.4. The van der Waals surface area contributed by atoms with Gasteiger partial charge in [-0.2, -0.15) is 5.10 Å². The van der Waals surface area contributed by atoms with Crippen LogP contribution in [0.3, 0.4) is 0 Å². The van der Waals surface area contributed by atoms with Gasteiger partial charge in [0.1, 0.15) is 0 Å². The van der Waals surface area contributed by atoms with Gasteiger partial charge in [-0.05, 0) is 58.7 Å². The van der Waals surface area contributed by atoms with E-state index in [4.69, 9.17) is 4.74 Å². The summed E-state index contributed by atoms with van der Waals surface area (Å²) in [7, 11) is 1.85. The van der Waals surface area contributed by atoms with Crippen LogP contribution in [-0.4, -0.2) is 27.8 Å². The number of nitrogens with zero attached hydrogens (tertiary/aromatic N) is 2. The van der Waals surface area contributed by atoms with Crippen LogP contribution in [0.2, 0.25) is 0 Å². The Kier molecular flexibility index (Phi) is 6.20. The molecule has 1 aromatic carbocycles. The van der Waals surface area contributed by atoms with Crippen molar-refractivity contribution in [2.45, 2.75) is 47.6 Å². The largest absolute Gasteiger partial charge is 0.449 e. The first kappa shape index (κ1) is 20.4. The molecular weight excluding hydrogens is 342 g/mol. The molecular formula is C21H27N3O3. The summed E-state index contributed by atoms with van der Waals surface area (Å²) in [5.41, 5.74) is 6.49. The minimum absolute atomic E-state index is 0.361. The van der Waals surface area contributed by atoms with Crippen molar-refractivity contribution < 1.29 is 14.3 Å². The highest BCUT2D eigenvalue weighted by molar-refractivity contribution is 5.97. The van der Waals surface area contributed by atoms with Gasteiger partial charge in [-0.3, -0.25) is 9.48 Å². The number of aryl methyl sites for hydroxylation is 5. The third-order valence-electron chi connectivity index (χ3n) is 4.54. The van der Waals surface area contributed by atoms with Crippen LogP contribution in [0.1, 0.15) is 40.6 Å². The molecule has 0 aliphatic carbocycles. The molecule has 1 aromatic heterocycles. The van der Waals surface area contributed by atoms with E-state index in [0.29, 0.717) is 0 Å². The lowest BCUT2D eigenvalue weighted by atomic mass is 10.0. The fourth-order valence-corrected chi connectivity index (χ4v) is 3.05. The zero-order valence-electron chi connectivity index (χ0n) is 17.0. The molecule has 0 aliphatic heterocycles. The first-order valence-electron chi connectivity index (χ1n) is 8.87. The van der Waals surface area contributed by atoms with Crippen LogP contribution in [-0.2, 0) is 21.4 Å². The van der Waals surface area contributed by atoms with Crippen molar-refractivity contribution in [3.05, 3.63) is 51.9 Å². The second-order valence-corrected chi connectivity index (χ2v) is 6.88. The van der Waals surface area contributed by atoms with Gasteiger partial charge in [-0.1, -0.05) is 17.7 Å². The van der Waals surface area contributed by atoms with E-state index in [-0.39, 0.29) is 5.91 Å².